The zero-order valence-corrected chi connectivity index (χ0v) is 16.4. The average Bonchev–Trinajstić information content (AvgIpc) is 3.10. The fourth-order valence-electron chi connectivity index (χ4n) is 4.33. The molecule has 0 unspecified atom stereocenters. The van der Waals surface area contributed by atoms with Gasteiger partial charge in [-0.2, -0.15) is 0 Å². The third kappa shape index (κ3) is 4.10. The third-order valence-corrected chi connectivity index (χ3v) is 5.80. The summed E-state index contributed by atoms with van der Waals surface area (Å²) < 4.78 is 16.9. The lowest BCUT2D eigenvalue weighted by Gasteiger charge is -2.37. The summed E-state index contributed by atoms with van der Waals surface area (Å²) in [4.78, 5) is 10.9. The van der Waals surface area contributed by atoms with E-state index in [0.29, 0.717) is 0 Å². The second-order valence-corrected chi connectivity index (χ2v) is 7.90. The van der Waals surface area contributed by atoms with Crippen LogP contribution in [0.2, 0.25) is 0 Å². The molecule has 0 spiro atoms. The molecule has 27 heavy (non-hydrogen) atoms. The Balaban J connectivity index is 1.82. The zero-order valence-electron chi connectivity index (χ0n) is 16.4. The molecule has 5 nitrogen and oxygen atoms in total. The van der Waals surface area contributed by atoms with Crippen LogP contribution in [0, 0.1) is 11.8 Å². The minimum Gasteiger partial charge on any atom is -0.461 e. The molecule has 2 aliphatic heterocycles. The molecule has 2 saturated heterocycles. The van der Waals surface area contributed by atoms with Crippen molar-refractivity contribution in [1.82, 2.24) is 0 Å². The molecular weight excluding hydrogens is 344 g/mol. The summed E-state index contributed by atoms with van der Waals surface area (Å²) >= 11 is 0. The number of carbonyl (C=O) groups is 1. The molecule has 0 radical (unpaired) electrons. The van der Waals surface area contributed by atoms with E-state index >= 15 is 0 Å². The molecule has 0 aromatic carbocycles. The highest BCUT2D eigenvalue weighted by Gasteiger charge is 2.64. The maximum atomic E-state index is 10.9. The lowest BCUT2D eigenvalue weighted by molar-refractivity contribution is -0.161. The van der Waals surface area contributed by atoms with Crippen LogP contribution in [0.5, 0.6) is 0 Å². The molecule has 0 amide bonds. The fourth-order valence-corrected chi connectivity index (χ4v) is 4.33. The number of hydrogen-bond acceptors (Lipinski definition) is 5. The van der Waals surface area contributed by atoms with E-state index in [2.05, 4.69) is 19.6 Å². The normalized spacial score (nSPS) is 38.7. The Labute approximate surface area is 161 Å². The molecular formula is C22H30O5. The molecule has 2 heterocycles. The standard InChI is InChI=1S/C22H30O5/c1-14-7-5-9-16(3)19-18(11-10-14)22(21(24)26-20(19)27-22)12-6-8-15(2)13-25-17(4)23/h6-8,12,18-21,24H,3,5,9-11,13H2,1-2,4H3/b12-6+,14-7+,15-8+/t18-,19-,20-,21-,22+/m0/s1. The van der Waals surface area contributed by atoms with Gasteiger partial charge in [0.05, 0.1) is 0 Å². The van der Waals surface area contributed by atoms with Crippen molar-refractivity contribution in [2.24, 2.45) is 11.8 Å². The molecule has 148 valence electrons. The van der Waals surface area contributed by atoms with Crippen LogP contribution in [-0.2, 0) is 19.0 Å². The molecule has 2 fully saturated rings. The van der Waals surface area contributed by atoms with Gasteiger partial charge in [0, 0.05) is 18.8 Å². The van der Waals surface area contributed by atoms with Crippen LogP contribution in [-0.4, -0.2) is 35.9 Å². The van der Waals surface area contributed by atoms with Crippen molar-refractivity contribution in [2.75, 3.05) is 6.61 Å². The fraction of sp³-hybridized carbons (Fsp3) is 0.591. The Bertz CT molecular complexity index is 689. The van der Waals surface area contributed by atoms with Crippen molar-refractivity contribution in [2.45, 2.75) is 64.6 Å². The Kier molecular flexibility index (Phi) is 6.04. The van der Waals surface area contributed by atoms with Gasteiger partial charge in [0.25, 0.3) is 0 Å². The van der Waals surface area contributed by atoms with Crippen LogP contribution in [0.15, 0.2) is 47.6 Å². The predicted octanol–water partition coefficient (Wildman–Crippen LogP) is 3.80. The summed E-state index contributed by atoms with van der Waals surface area (Å²) in [5, 5.41) is 10.6. The number of hydrogen-bond donors (Lipinski definition) is 1. The molecule has 1 N–H and O–H groups in total. The van der Waals surface area contributed by atoms with E-state index in [1.54, 1.807) is 0 Å². The topological polar surface area (TPSA) is 65.0 Å². The first kappa shape index (κ1) is 20.1. The quantitative estimate of drug-likeness (QED) is 0.461. The van der Waals surface area contributed by atoms with Crippen LogP contribution >= 0.6 is 0 Å². The van der Waals surface area contributed by atoms with Gasteiger partial charge in [0.1, 0.15) is 12.2 Å². The largest absolute Gasteiger partial charge is 0.461 e. The van der Waals surface area contributed by atoms with Gasteiger partial charge in [-0.3, -0.25) is 4.79 Å². The van der Waals surface area contributed by atoms with E-state index in [0.717, 1.165) is 36.8 Å². The second-order valence-electron chi connectivity index (χ2n) is 7.90. The van der Waals surface area contributed by atoms with Crippen LogP contribution in [0.3, 0.4) is 0 Å². The van der Waals surface area contributed by atoms with Crippen molar-refractivity contribution in [3.05, 3.63) is 47.6 Å². The number of fused-ring (bicyclic) bond motifs is 5. The van der Waals surface area contributed by atoms with E-state index in [1.165, 1.54) is 12.5 Å². The summed E-state index contributed by atoms with van der Waals surface area (Å²) in [6.07, 6.45) is 10.3. The van der Waals surface area contributed by atoms with Gasteiger partial charge in [0.15, 0.2) is 12.6 Å². The van der Waals surface area contributed by atoms with Crippen LogP contribution in [0.25, 0.3) is 0 Å². The Hall–Kier alpha value is -1.69. The highest BCUT2D eigenvalue weighted by atomic mass is 16.8. The van der Waals surface area contributed by atoms with Gasteiger partial charge in [-0.05, 0) is 51.2 Å². The van der Waals surface area contributed by atoms with Crippen molar-refractivity contribution < 1.29 is 24.1 Å². The molecule has 3 aliphatic rings. The number of carbonyl (C=O) groups excluding carboxylic acids is 1. The summed E-state index contributed by atoms with van der Waals surface area (Å²) in [5.41, 5.74) is 2.56. The minimum absolute atomic E-state index is 0.100. The maximum absolute atomic E-state index is 10.9. The van der Waals surface area contributed by atoms with E-state index in [-0.39, 0.29) is 24.4 Å². The molecule has 0 aromatic rings. The van der Waals surface area contributed by atoms with Gasteiger partial charge in [-0.1, -0.05) is 36.0 Å². The highest BCUT2D eigenvalue weighted by Crippen LogP contribution is 2.55. The first-order valence-corrected chi connectivity index (χ1v) is 9.66. The Morgan fingerprint density at radius 2 is 2.22 bits per heavy atom. The number of ether oxygens (including phenoxy) is 3. The zero-order chi connectivity index (χ0) is 19.6. The molecule has 5 atom stereocenters. The number of allylic oxidation sites excluding steroid dienone is 4. The van der Waals surface area contributed by atoms with E-state index in [1.807, 2.05) is 25.2 Å². The third-order valence-electron chi connectivity index (χ3n) is 5.80. The first-order valence-electron chi connectivity index (χ1n) is 9.66. The number of esters is 1. The second kappa shape index (κ2) is 8.13. The van der Waals surface area contributed by atoms with Crippen LogP contribution in [0.4, 0.5) is 0 Å². The molecule has 0 aromatic heterocycles. The van der Waals surface area contributed by atoms with Crippen molar-refractivity contribution >= 4 is 5.97 Å². The lowest BCUT2D eigenvalue weighted by Crippen LogP contribution is -2.48. The van der Waals surface area contributed by atoms with Crippen molar-refractivity contribution in [3.63, 3.8) is 0 Å². The van der Waals surface area contributed by atoms with Crippen LogP contribution < -0.4 is 0 Å². The minimum atomic E-state index is -0.986. The molecule has 0 saturated carbocycles. The monoisotopic (exact) mass is 374 g/mol. The van der Waals surface area contributed by atoms with E-state index in [9.17, 15) is 9.90 Å². The molecule has 2 bridgehead atoms. The number of aliphatic hydroxyl groups is 1. The summed E-state index contributed by atoms with van der Waals surface area (Å²) in [6, 6.07) is 0. The number of rotatable bonds is 4. The van der Waals surface area contributed by atoms with Crippen molar-refractivity contribution in [3.8, 4) is 0 Å². The van der Waals surface area contributed by atoms with Crippen LogP contribution in [0.1, 0.15) is 46.5 Å². The predicted molar refractivity (Wildman–Crippen MR) is 103 cm³/mol. The Morgan fingerprint density at radius 3 is 2.96 bits per heavy atom. The highest BCUT2D eigenvalue weighted by molar-refractivity contribution is 5.66. The molecule has 5 heteroatoms. The van der Waals surface area contributed by atoms with Gasteiger partial charge in [0.2, 0.25) is 0 Å². The van der Waals surface area contributed by atoms with Gasteiger partial charge < -0.3 is 19.3 Å². The van der Waals surface area contributed by atoms with Crippen molar-refractivity contribution in [1.29, 1.82) is 0 Å². The number of aliphatic hydroxyl groups excluding tert-OH is 1. The van der Waals surface area contributed by atoms with E-state index in [4.69, 9.17) is 14.2 Å². The Morgan fingerprint density at radius 1 is 1.44 bits per heavy atom. The molecule has 3 rings (SSSR count). The molecule has 1 aliphatic carbocycles. The summed E-state index contributed by atoms with van der Waals surface area (Å²) in [7, 11) is 0. The van der Waals surface area contributed by atoms with Gasteiger partial charge in [-0.25, -0.2) is 0 Å². The SMILES string of the molecule is C=C1CC/C=C(\C)CC[C@H]2[C@H]1[C@H]1O[C@H](O)[C@]2(/C=C/C=C(\C)COC(C)=O)O1. The smallest absolute Gasteiger partial charge is 0.302 e. The summed E-state index contributed by atoms with van der Waals surface area (Å²) in [6.45, 7) is 9.99. The van der Waals surface area contributed by atoms with E-state index < -0.39 is 18.2 Å². The van der Waals surface area contributed by atoms with Gasteiger partial charge in [-0.15, -0.1) is 0 Å². The first-order chi connectivity index (χ1) is 12.8. The lowest BCUT2D eigenvalue weighted by atomic mass is 9.72. The summed E-state index contributed by atoms with van der Waals surface area (Å²) in [5.74, 6) is -0.0793. The average molecular weight is 374 g/mol. The maximum Gasteiger partial charge on any atom is 0.302 e. The van der Waals surface area contributed by atoms with Gasteiger partial charge >= 0.3 is 5.97 Å².